The van der Waals surface area contributed by atoms with Gasteiger partial charge in [0.25, 0.3) is 0 Å². The summed E-state index contributed by atoms with van der Waals surface area (Å²) in [5.41, 5.74) is 1.90. The second-order valence-corrected chi connectivity index (χ2v) is 9.57. The summed E-state index contributed by atoms with van der Waals surface area (Å²) in [5.74, 6) is -0.0442. The minimum absolute atomic E-state index is 0.352. The molecule has 0 saturated heterocycles. The highest BCUT2D eigenvalue weighted by Crippen LogP contribution is 2.32. The Kier molecular flexibility index (Phi) is 6.40. The number of ether oxygens (including phenoxy) is 2. The molecule has 7 heteroatoms. The third-order valence-corrected chi connectivity index (χ3v) is 6.00. The molecule has 2 aromatic carbocycles. The number of aliphatic hydroxyl groups excluding tert-OH is 1. The van der Waals surface area contributed by atoms with Crippen molar-refractivity contribution in [2.45, 2.75) is 70.1 Å². The Labute approximate surface area is 188 Å². The molecule has 0 bridgehead atoms. The lowest BCUT2D eigenvalue weighted by Crippen LogP contribution is -2.55. The smallest absolute Gasteiger partial charge is 0.407 e. The zero-order chi connectivity index (χ0) is 22.9. The standard InChI is InChI=1S/C25H31FN2O4/c1-25(2,3)32-24(30)27-20-14-21(31-19-10-6-9-18(26)13-19)23(29)22(20)28-12-11-16-7-4-5-8-17(16)15-28/h4-10,13,20-23,29H,11-12,14-15H2,1-3H3,(H,27,30)/t20-,21-,22+,23+/m1/s1. The zero-order valence-electron chi connectivity index (χ0n) is 18.8. The first-order valence-electron chi connectivity index (χ1n) is 11.1. The van der Waals surface area contributed by atoms with Gasteiger partial charge in [0.1, 0.15) is 29.4 Å². The van der Waals surface area contributed by atoms with Crippen LogP contribution in [0.1, 0.15) is 38.3 Å². The summed E-state index contributed by atoms with van der Waals surface area (Å²) in [7, 11) is 0. The van der Waals surface area contributed by atoms with Crippen molar-refractivity contribution in [2.75, 3.05) is 6.54 Å². The average Bonchev–Trinajstić information content (AvgIpc) is 3.00. The predicted octanol–water partition coefficient (Wildman–Crippen LogP) is 3.66. The van der Waals surface area contributed by atoms with Gasteiger partial charge in [-0.05, 0) is 50.5 Å². The first kappa shape index (κ1) is 22.6. The number of rotatable bonds is 4. The van der Waals surface area contributed by atoms with Crippen LogP contribution in [-0.4, -0.2) is 52.5 Å². The van der Waals surface area contributed by atoms with Crippen molar-refractivity contribution in [1.29, 1.82) is 0 Å². The Bertz CT molecular complexity index is 961. The Morgan fingerprint density at radius 2 is 1.91 bits per heavy atom. The van der Waals surface area contributed by atoms with E-state index < -0.39 is 29.7 Å². The van der Waals surface area contributed by atoms with Gasteiger partial charge in [-0.15, -0.1) is 0 Å². The van der Waals surface area contributed by atoms with Gasteiger partial charge in [-0.25, -0.2) is 9.18 Å². The van der Waals surface area contributed by atoms with Gasteiger partial charge in [0, 0.05) is 25.6 Å². The first-order chi connectivity index (χ1) is 15.2. The van der Waals surface area contributed by atoms with Crippen molar-refractivity contribution in [2.24, 2.45) is 0 Å². The van der Waals surface area contributed by atoms with Crippen molar-refractivity contribution in [3.63, 3.8) is 0 Å². The fourth-order valence-corrected chi connectivity index (χ4v) is 4.67. The lowest BCUT2D eigenvalue weighted by molar-refractivity contribution is 0.000945. The maximum atomic E-state index is 13.6. The Morgan fingerprint density at radius 1 is 1.16 bits per heavy atom. The monoisotopic (exact) mass is 442 g/mol. The molecule has 0 radical (unpaired) electrons. The Hall–Kier alpha value is -2.64. The maximum absolute atomic E-state index is 13.6. The summed E-state index contributed by atoms with van der Waals surface area (Å²) in [5, 5.41) is 14.2. The summed E-state index contributed by atoms with van der Waals surface area (Å²) in [6.07, 6.45) is -0.709. The van der Waals surface area contributed by atoms with E-state index in [0.29, 0.717) is 18.7 Å². The van der Waals surface area contributed by atoms with Gasteiger partial charge in [0.2, 0.25) is 0 Å². The highest BCUT2D eigenvalue weighted by atomic mass is 19.1. The van der Waals surface area contributed by atoms with E-state index in [1.165, 1.54) is 23.3 Å². The molecule has 0 unspecified atom stereocenters. The minimum Gasteiger partial charge on any atom is -0.487 e. The van der Waals surface area contributed by atoms with Crippen molar-refractivity contribution in [3.8, 4) is 5.75 Å². The number of carbonyl (C=O) groups excluding carboxylic acids is 1. The van der Waals surface area contributed by atoms with Crippen LogP contribution in [0.2, 0.25) is 0 Å². The van der Waals surface area contributed by atoms with Gasteiger partial charge < -0.3 is 19.9 Å². The molecule has 0 spiro atoms. The van der Waals surface area contributed by atoms with E-state index >= 15 is 0 Å². The summed E-state index contributed by atoms with van der Waals surface area (Å²) in [6.45, 7) is 6.87. The van der Waals surface area contributed by atoms with Crippen LogP contribution in [-0.2, 0) is 17.7 Å². The van der Waals surface area contributed by atoms with Crippen LogP contribution < -0.4 is 10.1 Å². The van der Waals surface area contributed by atoms with Gasteiger partial charge in [0.05, 0.1) is 12.1 Å². The van der Waals surface area contributed by atoms with Crippen LogP contribution in [0.5, 0.6) is 5.75 Å². The summed E-state index contributed by atoms with van der Waals surface area (Å²) < 4.78 is 25.0. The second-order valence-electron chi connectivity index (χ2n) is 9.57. The molecule has 1 aliphatic heterocycles. The topological polar surface area (TPSA) is 71.0 Å². The molecule has 2 N–H and O–H groups in total. The number of alkyl carbamates (subject to hydrolysis) is 1. The van der Waals surface area contributed by atoms with E-state index in [0.717, 1.165) is 13.0 Å². The third kappa shape index (κ3) is 5.22. The molecule has 0 aromatic heterocycles. The fourth-order valence-electron chi connectivity index (χ4n) is 4.67. The molecule has 32 heavy (non-hydrogen) atoms. The third-order valence-electron chi connectivity index (χ3n) is 6.00. The van der Waals surface area contributed by atoms with Crippen LogP contribution >= 0.6 is 0 Å². The number of carbonyl (C=O) groups is 1. The molecule has 1 amide bonds. The van der Waals surface area contributed by atoms with E-state index in [4.69, 9.17) is 9.47 Å². The highest BCUT2D eigenvalue weighted by molar-refractivity contribution is 5.68. The van der Waals surface area contributed by atoms with E-state index in [1.807, 2.05) is 32.9 Å². The van der Waals surface area contributed by atoms with Gasteiger partial charge >= 0.3 is 6.09 Å². The predicted molar refractivity (Wildman–Crippen MR) is 119 cm³/mol. The van der Waals surface area contributed by atoms with E-state index in [1.54, 1.807) is 12.1 Å². The number of hydrogen-bond acceptors (Lipinski definition) is 5. The van der Waals surface area contributed by atoms with Gasteiger partial charge in [-0.3, -0.25) is 4.90 Å². The van der Waals surface area contributed by atoms with E-state index in [2.05, 4.69) is 22.3 Å². The van der Waals surface area contributed by atoms with Crippen LogP contribution in [0.25, 0.3) is 0 Å². The van der Waals surface area contributed by atoms with Crippen molar-refractivity contribution in [3.05, 3.63) is 65.5 Å². The molecule has 2 aliphatic rings. The lowest BCUT2D eigenvalue weighted by Gasteiger charge is -2.38. The number of amides is 1. The number of nitrogens with one attached hydrogen (secondary N) is 1. The number of hydrogen-bond donors (Lipinski definition) is 2. The molecule has 4 atom stereocenters. The maximum Gasteiger partial charge on any atom is 0.407 e. The summed E-state index contributed by atoms with van der Waals surface area (Å²) >= 11 is 0. The molecular formula is C25H31FN2O4. The molecule has 2 aromatic rings. The highest BCUT2D eigenvalue weighted by Gasteiger charge is 2.48. The Balaban J connectivity index is 1.54. The zero-order valence-corrected chi connectivity index (χ0v) is 18.8. The number of nitrogens with zero attached hydrogens (tertiary/aromatic N) is 1. The normalized spacial score (nSPS) is 25.8. The quantitative estimate of drug-likeness (QED) is 0.756. The van der Waals surface area contributed by atoms with Crippen molar-refractivity contribution < 1.29 is 23.8 Å². The van der Waals surface area contributed by atoms with Gasteiger partial charge in [0.15, 0.2) is 0 Å². The van der Waals surface area contributed by atoms with Crippen LogP contribution in [0.15, 0.2) is 48.5 Å². The van der Waals surface area contributed by atoms with Crippen LogP contribution in [0, 0.1) is 5.82 Å². The van der Waals surface area contributed by atoms with Crippen molar-refractivity contribution >= 4 is 6.09 Å². The molecule has 6 nitrogen and oxygen atoms in total. The molecule has 1 saturated carbocycles. The first-order valence-corrected chi connectivity index (χ1v) is 11.1. The number of aliphatic hydroxyl groups is 1. The number of halogens is 1. The number of benzene rings is 2. The van der Waals surface area contributed by atoms with E-state index in [-0.39, 0.29) is 12.1 Å². The molecule has 172 valence electrons. The van der Waals surface area contributed by atoms with Crippen LogP contribution in [0.4, 0.5) is 9.18 Å². The van der Waals surface area contributed by atoms with E-state index in [9.17, 15) is 14.3 Å². The molecule has 1 heterocycles. The summed E-state index contributed by atoms with van der Waals surface area (Å²) in [6, 6.07) is 13.4. The second kappa shape index (κ2) is 9.08. The van der Waals surface area contributed by atoms with Crippen LogP contribution in [0.3, 0.4) is 0 Å². The molecular weight excluding hydrogens is 411 g/mol. The molecule has 1 aliphatic carbocycles. The van der Waals surface area contributed by atoms with Crippen molar-refractivity contribution in [1.82, 2.24) is 10.2 Å². The lowest BCUT2D eigenvalue weighted by atomic mass is 9.97. The SMILES string of the molecule is CC(C)(C)OC(=O)N[C@@H]1C[C@@H](Oc2cccc(F)c2)[C@H](O)[C@H]1N1CCc2ccccc2C1. The average molecular weight is 443 g/mol. The Morgan fingerprint density at radius 3 is 2.62 bits per heavy atom. The van der Waals surface area contributed by atoms with Gasteiger partial charge in [-0.1, -0.05) is 30.3 Å². The minimum atomic E-state index is -0.858. The fraction of sp³-hybridized carbons (Fsp3) is 0.480. The molecule has 4 rings (SSSR count). The molecule has 1 fully saturated rings. The van der Waals surface area contributed by atoms with Gasteiger partial charge in [-0.2, -0.15) is 0 Å². The summed E-state index contributed by atoms with van der Waals surface area (Å²) in [4.78, 5) is 14.7. The number of fused-ring (bicyclic) bond motifs is 1. The largest absolute Gasteiger partial charge is 0.487 e.